The lowest BCUT2D eigenvalue weighted by molar-refractivity contribution is 0.607. The summed E-state index contributed by atoms with van der Waals surface area (Å²) in [6.07, 6.45) is 2.76. The number of nitrogens with zero attached hydrogens (tertiary/aromatic N) is 4. The summed E-state index contributed by atoms with van der Waals surface area (Å²) in [4.78, 5) is 8.20. The first kappa shape index (κ1) is 21.4. The van der Waals surface area contributed by atoms with E-state index in [0.29, 0.717) is 17.8 Å². The lowest BCUT2D eigenvalue weighted by Crippen LogP contribution is -2.11. The van der Waals surface area contributed by atoms with Crippen LogP contribution in [-0.4, -0.2) is 36.1 Å². The molecule has 0 unspecified atom stereocenters. The SMILES string of the molecule is CC1=NN=C(c2cccc(Nc3ncc(F)c(Nc4ccccc4NS(C)(=O)=O)n3)c2)C1. The van der Waals surface area contributed by atoms with Crippen LogP contribution in [0.3, 0.4) is 0 Å². The molecule has 0 aliphatic carbocycles. The number of aromatic nitrogens is 2. The first-order chi connectivity index (χ1) is 15.3. The maximum Gasteiger partial charge on any atom is 0.229 e. The molecular formula is C21H20FN7O2S. The minimum atomic E-state index is -3.51. The fourth-order valence-corrected chi connectivity index (χ4v) is 3.63. The average molecular weight is 454 g/mol. The summed E-state index contributed by atoms with van der Waals surface area (Å²) in [7, 11) is -3.51. The van der Waals surface area contributed by atoms with Crippen molar-refractivity contribution in [2.24, 2.45) is 10.2 Å². The van der Waals surface area contributed by atoms with E-state index in [4.69, 9.17) is 0 Å². The van der Waals surface area contributed by atoms with E-state index in [0.717, 1.165) is 29.4 Å². The van der Waals surface area contributed by atoms with Crippen LogP contribution in [0.15, 0.2) is 64.9 Å². The highest BCUT2D eigenvalue weighted by Crippen LogP contribution is 2.27. The van der Waals surface area contributed by atoms with Gasteiger partial charge >= 0.3 is 0 Å². The highest BCUT2D eigenvalue weighted by atomic mass is 32.2. The standard InChI is InChI=1S/C21H20FN7O2S/c1-13-10-19(28-27-13)14-6-5-7-15(11-14)24-21-23-12-16(22)20(26-21)25-17-8-3-4-9-18(17)29-32(2,30)31/h3-9,11-12,29H,10H2,1-2H3,(H2,23,24,25,26). The quantitative estimate of drug-likeness (QED) is 0.496. The van der Waals surface area contributed by atoms with Gasteiger partial charge in [0.25, 0.3) is 0 Å². The van der Waals surface area contributed by atoms with E-state index < -0.39 is 15.8 Å². The normalized spacial score (nSPS) is 13.3. The second-order valence-electron chi connectivity index (χ2n) is 7.20. The van der Waals surface area contributed by atoms with Gasteiger partial charge < -0.3 is 10.6 Å². The molecule has 0 amide bonds. The van der Waals surface area contributed by atoms with E-state index >= 15 is 0 Å². The summed E-state index contributed by atoms with van der Waals surface area (Å²) in [5.74, 6) is -0.627. The molecule has 0 bridgehead atoms. The topological polar surface area (TPSA) is 121 Å². The molecule has 0 radical (unpaired) electrons. The van der Waals surface area contributed by atoms with Crippen LogP contribution in [-0.2, 0) is 10.0 Å². The van der Waals surface area contributed by atoms with Crippen LogP contribution in [0.1, 0.15) is 18.9 Å². The van der Waals surface area contributed by atoms with Crippen molar-refractivity contribution in [1.29, 1.82) is 0 Å². The molecule has 1 aliphatic heterocycles. The third-order valence-corrected chi connectivity index (χ3v) is 5.03. The maximum atomic E-state index is 14.4. The summed E-state index contributed by atoms with van der Waals surface area (Å²) in [6, 6.07) is 14.0. The Morgan fingerprint density at radius 3 is 2.50 bits per heavy atom. The molecule has 2 heterocycles. The van der Waals surface area contributed by atoms with Gasteiger partial charge in [0.15, 0.2) is 11.6 Å². The molecule has 1 aromatic heterocycles. The highest BCUT2D eigenvalue weighted by Gasteiger charge is 2.14. The fraction of sp³-hybridized carbons (Fsp3) is 0.143. The number of para-hydroxylation sites is 2. The molecule has 4 rings (SSSR count). The molecule has 1 aliphatic rings. The van der Waals surface area contributed by atoms with Crippen molar-refractivity contribution in [1.82, 2.24) is 9.97 Å². The van der Waals surface area contributed by atoms with Crippen molar-refractivity contribution in [2.45, 2.75) is 13.3 Å². The third-order valence-electron chi connectivity index (χ3n) is 4.44. The minimum absolute atomic E-state index is 0.106. The summed E-state index contributed by atoms with van der Waals surface area (Å²) >= 11 is 0. The smallest absolute Gasteiger partial charge is 0.229 e. The Morgan fingerprint density at radius 1 is 1.00 bits per heavy atom. The van der Waals surface area contributed by atoms with Gasteiger partial charge in [-0.3, -0.25) is 4.72 Å². The van der Waals surface area contributed by atoms with Gasteiger partial charge in [0.1, 0.15) is 0 Å². The van der Waals surface area contributed by atoms with Crippen molar-refractivity contribution in [3.63, 3.8) is 0 Å². The number of hydrogen-bond acceptors (Lipinski definition) is 8. The summed E-state index contributed by atoms with van der Waals surface area (Å²) in [5, 5.41) is 14.1. The second-order valence-corrected chi connectivity index (χ2v) is 8.95. The van der Waals surface area contributed by atoms with Gasteiger partial charge in [-0.05, 0) is 31.2 Å². The number of halogens is 1. The molecule has 3 N–H and O–H groups in total. The zero-order chi connectivity index (χ0) is 22.7. The second kappa shape index (κ2) is 8.71. The maximum absolute atomic E-state index is 14.4. The molecular weight excluding hydrogens is 433 g/mol. The van der Waals surface area contributed by atoms with Crippen molar-refractivity contribution < 1.29 is 12.8 Å². The van der Waals surface area contributed by atoms with Gasteiger partial charge in [0.2, 0.25) is 16.0 Å². The summed E-state index contributed by atoms with van der Waals surface area (Å²) < 4.78 is 40.0. The van der Waals surface area contributed by atoms with Gasteiger partial charge in [-0.15, -0.1) is 0 Å². The average Bonchev–Trinajstić information content (AvgIpc) is 3.17. The number of nitrogens with one attached hydrogen (secondary N) is 3. The summed E-state index contributed by atoms with van der Waals surface area (Å²) in [5.41, 5.74) is 4.04. The van der Waals surface area contributed by atoms with Crippen LogP contribution in [0.4, 0.5) is 33.2 Å². The van der Waals surface area contributed by atoms with Gasteiger partial charge in [-0.25, -0.2) is 17.8 Å². The predicted octanol–water partition coefficient (Wildman–Crippen LogP) is 4.04. The first-order valence-electron chi connectivity index (χ1n) is 9.61. The molecule has 2 aromatic carbocycles. The third kappa shape index (κ3) is 5.24. The van der Waals surface area contributed by atoms with Crippen molar-refractivity contribution in [2.75, 3.05) is 21.6 Å². The van der Waals surface area contributed by atoms with E-state index in [1.807, 2.05) is 31.2 Å². The molecule has 0 spiro atoms. The Bertz CT molecular complexity index is 1340. The first-order valence-corrected chi connectivity index (χ1v) is 11.5. The fourth-order valence-electron chi connectivity index (χ4n) is 3.05. The number of hydrogen-bond donors (Lipinski definition) is 3. The van der Waals surface area contributed by atoms with Gasteiger partial charge in [0, 0.05) is 23.4 Å². The van der Waals surface area contributed by atoms with Gasteiger partial charge in [0.05, 0.1) is 29.5 Å². The van der Waals surface area contributed by atoms with Crippen molar-refractivity contribution in [3.05, 3.63) is 66.1 Å². The molecule has 32 heavy (non-hydrogen) atoms. The van der Waals surface area contributed by atoms with Crippen LogP contribution in [0.25, 0.3) is 0 Å². The Labute approximate surface area is 184 Å². The lowest BCUT2D eigenvalue weighted by atomic mass is 10.1. The largest absolute Gasteiger partial charge is 0.336 e. The Balaban J connectivity index is 1.56. The molecule has 0 saturated heterocycles. The minimum Gasteiger partial charge on any atom is -0.336 e. The van der Waals surface area contributed by atoms with Gasteiger partial charge in [-0.1, -0.05) is 24.3 Å². The van der Waals surface area contributed by atoms with Crippen molar-refractivity contribution in [3.8, 4) is 0 Å². The van der Waals surface area contributed by atoms with Crippen molar-refractivity contribution >= 4 is 50.3 Å². The molecule has 0 saturated carbocycles. The Hall–Kier alpha value is -3.86. The monoisotopic (exact) mass is 453 g/mol. The highest BCUT2D eigenvalue weighted by molar-refractivity contribution is 7.92. The zero-order valence-corrected chi connectivity index (χ0v) is 18.1. The van der Waals surface area contributed by atoms with E-state index in [9.17, 15) is 12.8 Å². The Kier molecular flexibility index (Phi) is 5.82. The van der Waals surface area contributed by atoms with Crippen LogP contribution < -0.4 is 15.4 Å². The molecule has 11 heteroatoms. The molecule has 0 atom stereocenters. The number of sulfonamides is 1. The van der Waals surface area contributed by atoms with Crippen LogP contribution in [0.5, 0.6) is 0 Å². The molecule has 3 aromatic rings. The Morgan fingerprint density at radius 2 is 1.78 bits per heavy atom. The van der Waals surface area contributed by atoms with Crippen LogP contribution in [0, 0.1) is 5.82 Å². The van der Waals surface area contributed by atoms with E-state index in [-0.39, 0.29) is 17.5 Å². The summed E-state index contributed by atoms with van der Waals surface area (Å²) in [6.45, 7) is 1.92. The zero-order valence-electron chi connectivity index (χ0n) is 17.3. The van der Waals surface area contributed by atoms with Gasteiger partial charge in [-0.2, -0.15) is 15.2 Å². The molecule has 0 fully saturated rings. The lowest BCUT2D eigenvalue weighted by Gasteiger charge is -2.13. The molecule has 164 valence electrons. The number of benzene rings is 2. The number of rotatable bonds is 7. The van der Waals surface area contributed by atoms with E-state index in [1.165, 1.54) is 0 Å². The predicted molar refractivity (Wildman–Crippen MR) is 124 cm³/mol. The van der Waals surface area contributed by atoms with Crippen LogP contribution >= 0.6 is 0 Å². The number of anilines is 5. The molecule has 9 nitrogen and oxygen atoms in total. The van der Waals surface area contributed by atoms with E-state index in [2.05, 4.69) is 35.5 Å². The van der Waals surface area contributed by atoms with E-state index in [1.54, 1.807) is 24.3 Å². The van der Waals surface area contributed by atoms with Crippen LogP contribution in [0.2, 0.25) is 0 Å².